The summed E-state index contributed by atoms with van der Waals surface area (Å²) < 4.78 is 0. The van der Waals surface area contributed by atoms with E-state index in [9.17, 15) is 4.79 Å². The van der Waals surface area contributed by atoms with Crippen molar-refractivity contribution >= 4 is 5.91 Å². The number of nitrogens with one attached hydrogen (secondary N) is 1. The van der Waals surface area contributed by atoms with Crippen LogP contribution in [0.2, 0.25) is 0 Å². The van der Waals surface area contributed by atoms with Crippen molar-refractivity contribution in [2.24, 2.45) is 11.7 Å². The summed E-state index contributed by atoms with van der Waals surface area (Å²) in [5, 5.41) is 3.43. The molecule has 0 saturated carbocycles. The Morgan fingerprint density at radius 3 is 2.11 bits per heavy atom. The van der Waals surface area contributed by atoms with Crippen molar-refractivity contribution in [1.82, 2.24) is 10.2 Å². The molecule has 1 unspecified atom stereocenters. The second kappa shape index (κ2) is 10.3. The van der Waals surface area contributed by atoms with Gasteiger partial charge in [0.25, 0.3) is 0 Å². The van der Waals surface area contributed by atoms with Crippen molar-refractivity contribution in [3.05, 3.63) is 0 Å². The van der Waals surface area contributed by atoms with Crippen molar-refractivity contribution in [2.75, 3.05) is 26.2 Å². The van der Waals surface area contributed by atoms with Crippen molar-refractivity contribution in [2.45, 2.75) is 53.0 Å². The number of hydrogen-bond acceptors (Lipinski definition) is 3. The average Bonchev–Trinajstić information content (AvgIpc) is 2.39. The third kappa shape index (κ3) is 6.36. The summed E-state index contributed by atoms with van der Waals surface area (Å²) in [5.41, 5.74) is 5.74. The van der Waals surface area contributed by atoms with Gasteiger partial charge in [-0.1, -0.05) is 26.7 Å². The molecule has 1 amide bonds. The maximum atomic E-state index is 12.0. The van der Waals surface area contributed by atoms with Crippen molar-refractivity contribution in [3.8, 4) is 0 Å². The molecule has 0 aromatic rings. The predicted molar refractivity (Wildman–Crippen MR) is 77.5 cm³/mol. The van der Waals surface area contributed by atoms with Gasteiger partial charge in [-0.15, -0.1) is 0 Å². The van der Waals surface area contributed by atoms with Gasteiger partial charge in [0.15, 0.2) is 0 Å². The fourth-order valence-corrected chi connectivity index (χ4v) is 2.07. The number of rotatable bonds is 10. The zero-order chi connectivity index (χ0) is 14.0. The van der Waals surface area contributed by atoms with E-state index in [1.165, 1.54) is 12.8 Å². The van der Waals surface area contributed by atoms with E-state index in [1.54, 1.807) is 0 Å². The summed E-state index contributed by atoms with van der Waals surface area (Å²) in [5.74, 6) is 0.884. The van der Waals surface area contributed by atoms with Crippen LogP contribution in [0.1, 0.15) is 47.0 Å². The molecule has 0 spiro atoms. The van der Waals surface area contributed by atoms with E-state index in [2.05, 4.69) is 19.2 Å². The van der Waals surface area contributed by atoms with E-state index >= 15 is 0 Å². The van der Waals surface area contributed by atoms with Gasteiger partial charge in [-0.2, -0.15) is 0 Å². The molecule has 0 heterocycles. The molecule has 4 heteroatoms. The molecule has 0 rings (SSSR count). The van der Waals surface area contributed by atoms with E-state index in [-0.39, 0.29) is 11.9 Å². The minimum atomic E-state index is 0.110. The third-order valence-electron chi connectivity index (χ3n) is 3.67. The van der Waals surface area contributed by atoms with Crippen LogP contribution in [0.3, 0.4) is 0 Å². The van der Waals surface area contributed by atoms with Gasteiger partial charge in [-0.25, -0.2) is 0 Å². The van der Waals surface area contributed by atoms with Gasteiger partial charge < -0.3 is 16.0 Å². The second-order valence-electron chi connectivity index (χ2n) is 4.79. The SMILES string of the molecule is CCC(CC)CNC(CN)CC(=O)N(CC)CC. The van der Waals surface area contributed by atoms with Gasteiger partial charge in [0.2, 0.25) is 5.91 Å². The summed E-state index contributed by atoms with van der Waals surface area (Å²) in [4.78, 5) is 13.9. The normalized spacial score (nSPS) is 12.8. The van der Waals surface area contributed by atoms with E-state index in [4.69, 9.17) is 5.73 Å². The second-order valence-corrected chi connectivity index (χ2v) is 4.79. The number of nitrogens with two attached hydrogens (primary N) is 1. The Hall–Kier alpha value is -0.610. The third-order valence-corrected chi connectivity index (χ3v) is 3.67. The van der Waals surface area contributed by atoms with Gasteiger partial charge in [-0.05, 0) is 26.3 Å². The molecule has 0 radical (unpaired) electrons. The highest BCUT2D eigenvalue weighted by Crippen LogP contribution is 2.06. The maximum absolute atomic E-state index is 12.0. The Bertz CT molecular complexity index is 213. The lowest BCUT2D eigenvalue weighted by Gasteiger charge is -2.24. The molecule has 0 aromatic carbocycles. The van der Waals surface area contributed by atoms with Crippen LogP contribution >= 0.6 is 0 Å². The molecule has 1 atom stereocenters. The van der Waals surface area contributed by atoms with Gasteiger partial charge in [-0.3, -0.25) is 4.79 Å². The topological polar surface area (TPSA) is 58.4 Å². The van der Waals surface area contributed by atoms with Gasteiger partial charge >= 0.3 is 0 Å². The zero-order valence-corrected chi connectivity index (χ0v) is 12.5. The summed E-state index contributed by atoms with van der Waals surface area (Å²) >= 11 is 0. The molecule has 3 N–H and O–H groups in total. The minimum Gasteiger partial charge on any atom is -0.343 e. The summed E-state index contributed by atoms with van der Waals surface area (Å²) in [6, 6.07) is 0.110. The lowest BCUT2D eigenvalue weighted by molar-refractivity contribution is -0.131. The Balaban J connectivity index is 4.13. The van der Waals surface area contributed by atoms with Gasteiger partial charge in [0.05, 0.1) is 0 Å². The molecule has 0 aliphatic carbocycles. The summed E-state index contributed by atoms with van der Waals surface area (Å²) in [6.45, 7) is 11.5. The predicted octanol–water partition coefficient (Wildman–Crippen LogP) is 1.60. The van der Waals surface area contributed by atoms with Crippen molar-refractivity contribution < 1.29 is 4.79 Å². The first-order chi connectivity index (χ1) is 8.62. The largest absolute Gasteiger partial charge is 0.343 e. The quantitative estimate of drug-likeness (QED) is 0.625. The van der Waals surface area contributed by atoms with Crippen LogP contribution in [0.25, 0.3) is 0 Å². The first kappa shape index (κ1) is 17.4. The average molecular weight is 257 g/mol. The van der Waals surface area contributed by atoms with Gasteiger partial charge in [0.1, 0.15) is 0 Å². The van der Waals surface area contributed by atoms with Gasteiger partial charge in [0, 0.05) is 32.1 Å². The van der Waals surface area contributed by atoms with E-state index in [0.717, 1.165) is 19.6 Å². The smallest absolute Gasteiger partial charge is 0.224 e. The van der Waals surface area contributed by atoms with Crippen LogP contribution in [0.5, 0.6) is 0 Å². The molecular formula is C14H31N3O. The Morgan fingerprint density at radius 1 is 1.17 bits per heavy atom. The minimum absolute atomic E-state index is 0.110. The molecule has 0 saturated heterocycles. The number of amides is 1. The van der Waals surface area contributed by atoms with Crippen molar-refractivity contribution in [3.63, 3.8) is 0 Å². The Morgan fingerprint density at radius 2 is 1.72 bits per heavy atom. The molecule has 0 aromatic heterocycles. The molecule has 0 bridgehead atoms. The number of carbonyl (C=O) groups is 1. The van der Waals surface area contributed by atoms with E-state index < -0.39 is 0 Å². The zero-order valence-electron chi connectivity index (χ0n) is 12.5. The van der Waals surface area contributed by atoms with E-state index in [1.807, 2.05) is 18.7 Å². The monoisotopic (exact) mass is 257 g/mol. The van der Waals surface area contributed by atoms with Crippen molar-refractivity contribution in [1.29, 1.82) is 0 Å². The number of carbonyl (C=O) groups excluding carboxylic acids is 1. The first-order valence-electron chi connectivity index (χ1n) is 7.33. The molecule has 4 nitrogen and oxygen atoms in total. The summed E-state index contributed by atoms with van der Waals surface area (Å²) in [6.07, 6.45) is 2.86. The van der Waals surface area contributed by atoms with Crippen LogP contribution in [0.15, 0.2) is 0 Å². The molecule has 108 valence electrons. The number of hydrogen-bond donors (Lipinski definition) is 2. The fraction of sp³-hybridized carbons (Fsp3) is 0.929. The molecule has 0 fully saturated rings. The lowest BCUT2D eigenvalue weighted by Crippen LogP contribution is -2.43. The van der Waals surface area contributed by atoms with Crippen LogP contribution < -0.4 is 11.1 Å². The number of nitrogens with zero attached hydrogens (tertiary/aromatic N) is 1. The molecular weight excluding hydrogens is 226 g/mol. The van der Waals surface area contributed by atoms with Crippen LogP contribution in [0, 0.1) is 5.92 Å². The first-order valence-corrected chi connectivity index (χ1v) is 7.33. The highest BCUT2D eigenvalue weighted by atomic mass is 16.2. The highest BCUT2D eigenvalue weighted by Gasteiger charge is 2.16. The Kier molecular flexibility index (Phi) is 9.98. The van der Waals surface area contributed by atoms with Crippen LogP contribution in [-0.2, 0) is 4.79 Å². The molecule has 0 aliphatic heterocycles. The summed E-state index contributed by atoms with van der Waals surface area (Å²) in [7, 11) is 0. The standard InChI is InChI=1S/C14H31N3O/c1-5-12(6-2)11-16-13(10-15)9-14(18)17(7-3)8-4/h12-13,16H,5-11,15H2,1-4H3. The van der Waals surface area contributed by atoms with Crippen LogP contribution in [-0.4, -0.2) is 43.0 Å². The Labute approximate surface area is 112 Å². The molecule has 18 heavy (non-hydrogen) atoms. The van der Waals surface area contributed by atoms with E-state index in [0.29, 0.717) is 18.9 Å². The fourth-order valence-electron chi connectivity index (χ4n) is 2.07. The molecule has 0 aliphatic rings. The maximum Gasteiger partial charge on any atom is 0.224 e. The highest BCUT2D eigenvalue weighted by molar-refractivity contribution is 5.76. The lowest BCUT2D eigenvalue weighted by atomic mass is 10.0. The van der Waals surface area contributed by atoms with Crippen LogP contribution in [0.4, 0.5) is 0 Å².